The van der Waals surface area contributed by atoms with Crippen LogP contribution in [0, 0.1) is 10.1 Å². The van der Waals surface area contributed by atoms with Crippen LogP contribution in [0.15, 0.2) is 124 Å². The second kappa shape index (κ2) is 13.7. The lowest BCUT2D eigenvalue weighted by Crippen LogP contribution is -2.40. The number of nitro benzene ring substituents is 1. The molecule has 5 aromatic rings. The molecule has 4 aromatic carbocycles. The zero-order valence-electron chi connectivity index (χ0n) is 25.5. The fourth-order valence-electron chi connectivity index (χ4n) is 5.32. The molecule has 0 bridgehead atoms. The van der Waals surface area contributed by atoms with Crippen molar-refractivity contribution in [3.63, 3.8) is 0 Å². The average molecular weight is 648 g/mol. The van der Waals surface area contributed by atoms with Crippen molar-refractivity contribution in [3.8, 4) is 11.5 Å². The summed E-state index contributed by atoms with van der Waals surface area (Å²) in [6.07, 6.45) is 1.48. The molecule has 0 N–H and O–H groups in total. The van der Waals surface area contributed by atoms with E-state index >= 15 is 0 Å². The molecule has 0 saturated carbocycles. The van der Waals surface area contributed by atoms with Crippen LogP contribution in [0.25, 0.3) is 6.08 Å². The van der Waals surface area contributed by atoms with Crippen LogP contribution in [0.1, 0.15) is 35.2 Å². The molecule has 1 aliphatic heterocycles. The smallest absolute Gasteiger partial charge is 0.338 e. The molecule has 1 atom stereocenters. The zero-order valence-corrected chi connectivity index (χ0v) is 26.3. The molecule has 6 rings (SSSR count). The van der Waals surface area contributed by atoms with Gasteiger partial charge in [0.25, 0.3) is 11.2 Å². The van der Waals surface area contributed by atoms with E-state index in [4.69, 9.17) is 14.2 Å². The lowest BCUT2D eigenvalue weighted by atomic mass is 9.95. The number of fused-ring (bicyclic) bond motifs is 1. The molecule has 0 amide bonds. The Balaban J connectivity index is 1.45. The number of hydrogen-bond acceptors (Lipinski definition) is 9. The molecule has 0 radical (unpaired) electrons. The van der Waals surface area contributed by atoms with Crippen LogP contribution in [0.5, 0.6) is 11.5 Å². The molecular formula is C36H29N3O7S. The van der Waals surface area contributed by atoms with Gasteiger partial charge in [-0.25, -0.2) is 9.79 Å². The largest absolute Gasteiger partial charge is 0.493 e. The second-order valence-corrected chi connectivity index (χ2v) is 11.7. The number of ether oxygens (including phenoxy) is 3. The van der Waals surface area contributed by atoms with E-state index in [-0.39, 0.29) is 28.0 Å². The SMILES string of the molecule is COc1cc(C2C(C(=O)OCc3ccccc3)=C(C)N=c3s/c(=C\c4ccccc4[N+](=O)[O-])c(=O)n32)ccc1OCc1ccccc1. The summed E-state index contributed by atoms with van der Waals surface area (Å²) in [6.45, 7) is 2.04. The Kier molecular flexibility index (Phi) is 9.07. The number of rotatable bonds is 10. The van der Waals surface area contributed by atoms with Gasteiger partial charge in [-0.1, -0.05) is 90.2 Å². The number of carbonyl (C=O) groups is 1. The highest BCUT2D eigenvalue weighted by atomic mass is 32.1. The van der Waals surface area contributed by atoms with Gasteiger partial charge in [0.15, 0.2) is 16.3 Å². The van der Waals surface area contributed by atoms with E-state index in [2.05, 4.69) is 4.99 Å². The fourth-order valence-corrected chi connectivity index (χ4v) is 6.36. The van der Waals surface area contributed by atoms with Gasteiger partial charge in [-0.05, 0) is 47.9 Å². The topological polar surface area (TPSA) is 122 Å². The van der Waals surface area contributed by atoms with Gasteiger partial charge < -0.3 is 14.2 Å². The number of nitrogens with zero attached hydrogens (tertiary/aromatic N) is 3. The molecule has 47 heavy (non-hydrogen) atoms. The third kappa shape index (κ3) is 6.61. The highest BCUT2D eigenvalue weighted by molar-refractivity contribution is 7.07. The summed E-state index contributed by atoms with van der Waals surface area (Å²) in [5.41, 5.74) is 2.60. The molecule has 236 valence electrons. The van der Waals surface area contributed by atoms with Gasteiger partial charge >= 0.3 is 5.97 Å². The summed E-state index contributed by atoms with van der Waals surface area (Å²) in [6, 6.07) is 29.5. The number of carbonyl (C=O) groups excluding carboxylic acids is 1. The first-order chi connectivity index (χ1) is 22.8. The van der Waals surface area contributed by atoms with Crippen molar-refractivity contribution in [3.05, 3.63) is 166 Å². The second-order valence-electron chi connectivity index (χ2n) is 10.6. The van der Waals surface area contributed by atoms with E-state index in [1.165, 1.54) is 23.8 Å². The predicted octanol–water partition coefficient (Wildman–Crippen LogP) is 5.47. The van der Waals surface area contributed by atoms with Gasteiger partial charge in [0.05, 0.1) is 39.4 Å². The van der Waals surface area contributed by atoms with Crippen LogP contribution < -0.4 is 24.4 Å². The maximum absolute atomic E-state index is 14.1. The van der Waals surface area contributed by atoms with Crippen molar-refractivity contribution in [1.29, 1.82) is 0 Å². The van der Waals surface area contributed by atoms with Gasteiger partial charge in [0.1, 0.15) is 13.2 Å². The highest BCUT2D eigenvalue weighted by Crippen LogP contribution is 2.36. The van der Waals surface area contributed by atoms with Gasteiger partial charge in [-0.15, -0.1) is 0 Å². The van der Waals surface area contributed by atoms with Crippen LogP contribution in [0.2, 0.25) is 0 Å². The molecule has 0 aliphatic carbocycles. The molecule has 11 heteroatoms. The number of aromatic nitrogens is 1. The summed E-state index contributed by atoms with van der Waals surface area (Å²) < 4.78 is 19.2. The number of nitro groups is 1. The lowest BCUT2D eigenvalue weighted by molar-refractivity contribution is -0.385. The number of esters is 1. The van der Waals surface area contributed by atoms with Gasteiger partial charge in [0, 0.05) is 6.07 Å². The summed E-state index contributed by atoms with van der Waals surface area (Å²) in [4.78, 5) is 44.0. The number of thiazole rings is 1. The van der Waals surface area contributed by atoms with Gasteiger partial charge in [-0.2, -0.15) is 0 Å². The summed E-state index contributed by atoms with van der Waals surface area (Å²) >= 11 is 1.09. The maximum atomic E-state index is 14.1. The minimum absolute atomic E-state index is 0.0286. The predicted molar refractivity (Wildman–Crippen MR) is 177 cm³/mol. The molecule has 2 heterocycles. The third-order valence-corrected chi connectivity index (χ3v) is 8.60. The summed E-state index contributed by atoms with van der Waals surface area (Å²) in [5, 5.41) is 11.7. The molecule has 1 aromatic heterocycles. The van der Waals surface area contributed by atoms with Crippen molar-refractivity contribution in [1.82, 2.24) is 4.57 Å². The standard InChI is InChI=1S/C36H29N3O7S/c1-23-32(35(41)46-22-25-13-7-4-8-14-25)33(27-17-18-29(30(19-27)44-2)45-21-24-11-5-3-6-12-24)38-34(40)31(47-36(38)37-23)20-26-15-9-10-16-28(26)39(42)43/h3-20,33H,21-22H2,1-2H3/b31-20-. The van der Waals surface area contributed by atoms with Crippen molar-refractivity contribution < 1.29 is 23.9 Å². The average Bonchev–Trinajstić information content (AvgIpc) is 3.40. The van der Waals surface area contributed by atoms with Gasteiger partial charge in [0.2, 0.25) is 0 Å². The summed E-state index contributed by atoms with van der Waals surface area (Å²) in [7, 11) is 1.52. The normalized spacial score (nSPS) is 14.3. The minimum atomic E-state index is -0.931. The fraction of sp³-hybridized carbons (Fsp3) is 0.139. The van der Waals surface area contributed by atoms with E-state index in [9.17, 15) is 19.7 Å². The van der Waals surface area contributed by atoms with Crippen molar-refractivity contribution in [2.75, 3.05) is 7.11 Å². The molecule has 0 fully saturated rings. The van der Waals surface area contributed by atoms with Crippen LogP contribution in [-0.4, -0.2) is 22.6 Å². The highest BCUT2D eigenvalue weighted by Gasteiger charge is 2.34. The Labute approximate surface area is 273 Å². The van der Waals surface area contributed by atoms with Crippen LogP contribution >= 0.6 is 11.3 Å². The number of methoxy groups -OCH3 is 1. The number of benzene rings is 4. The van der Waals surface area contributed by atoms with Crippen molar-refractivity contribution in [2.45, 2.75) is 26.2 Å². The van der Waals surface area contributed by atoms with E-state index in [0.717, 1.165) is 22.5 Å². The van der Waals surface area contributed by atoms with Gasteiger partial charge in [-0.3, -0.25) is 19.5 Å². The Hall–Kier alpha value is -5.81. The lowest BCUT2D eigenvalue weighted by Gasteiger charge is -2.25. The first-order valence-corrected chi connectivity index (χ1v) is 15.5. The number of hydrogen-bond donors (Lipinski definition) is 0. The molecule has 0 saturated heterocycles. The molecular weight excluding hydrogens is 618 g/mol. The molecule has 10 nitrogen and oxygen atoms in total. The Morgan fingerprint density at radius 3 is 2.28 bits per heavy atom. The van der Waals surface area contributed by atoms with E-state index < -0.39 is 22.5 Å². The van der Waals surface area contributed by atoms with E-state index in [1.807, 2.05) is 60.7 Å². The number of para-hydroxylation sites is 1. The van der Waals surface area contributed by atoms with Crippen molar-refractivity contribution >= 4 is 29.1 Å². The Morgan fingerprint density at radius 1 is 0.936 bits per heavy atom. The first kappa shape index (κ1) is 31.2. The minimum Gasteiger partial charge on any atom is -0.493 e. The van der Waals surface area contributed by atoms with E-state index in [1.54, 1.807) is 43.3 Å². The van der Waals surface area contributed by atoms with Crippen LogP contribution in [0.4, 0.5) is 5.69 Å². The first-order valence-electron chi connectivity index (χ1n) is 14.7. The Morgan fingerprint density at radius 2 is 1.60 bits per heavy atom. The van der Waals surface area contributed by atoms with Crippen LogP contribution in [0.3, 0.4) is 0 Å². The molecule has 1 unspecified atom stereocenters. The Bertz CT molecular complexity index is 2170. The molecule has 0 spiro atoms. The number of allylic oxidation sites excluding steroid dienone is 1. The van der Waals surface area contributed by atoms with Crippen LogP contribution in [-0.2, 0) is 22.7 Å². The molecule has 1 aliphatic rings. The van der Waals surface area contributed by atoms with Crippen molar-refractivity contribution in [2.24, 2.45) is 4.99 Å². The van der Waals surface area contributed by atoms with E-state index in [0.29, 0.717) is 34.2 Å². The summed E-state index contributed by atoms with van der Waals surface area (Å²) in [5.74, 6) is 0.265. The monoisotopic (exact) mass is 647 g/mol. The quantitative estimate of drug-likeness (QED) is 0.112. The zero-order chi connectivity index (χ0) is 32.9. The maximum Gasteiger partial charge on any atom is 0.338 e. The third-order valence-electron chi connectivity index (χ3n) is 7.61.